The Morgan fingerprint density at radius 2 is 1.97 bits per heavy atom. The molecule has 1 aromatic carbocycles. The minimum atomic E-state index is 0.675. The summed E-state index contributed by atoms with van der Waals surface area (Å²) in [5.41, 5.74) is 4.15. The fourth-order valence-electron chi connectivity index (χ4n) is 4.45. The summed E-state index contributed by atoms with van der Waals surface area (Å²) in [6.07, 6.45) is 15.3. The summed E-state index contributed by atoms with van der Waals surface area (Å²) < 4.78 is 1.96. The molecule has 2 N–H and O–H groups in total. The van der Waals surface area contributed by atoms with E-state index in [9.17, 15) is 4.79 Å². The molecule has 0 aliphatic carbocycles. The standard InChI is InChI=1S/C27H34N6O/c1-3-21-7-8-23(19-34)25(18-21)32-15-11-22(12-16-32)6-4-5-13-30-27-24(33-17-14-29-20-33)9-10-26(28-2)31-27/h4-5,7-10,14,17-20,22H,3,6,11-13,15-16H2,1-2H3,(H2,28,30,31)/b5-4+. The van der Waals surface area contributed by atoms with E-state index < -0.39 is 0 Å². The Morgan fingerprint density at radius 1 is 1.12 bits per heavy atom. The number of pyridine rings is 1. The molecular formula is C27H34N6O. The Hall–Kier alpha value is -3.61. The maximum absolute atomic E-state index is 11.5. The largest absolute Gasteiger partial charge is 0.373 e. The molecular weight excluding hydrogens is 424 g/mol. The van der Waals surface area contributed by atoms with Gasteiger partial charge in [-0.3, -0.25) is 4.79 Å². The smallest absolute Gasteiger partial charge is 0.153 e. The molecule has 7 nitrogen and oxygen atoms in total. The summed E-state index contributed by atoms with van der Waals surface area (Å²) in [7, 11) is 1.87. The Balaban J connectivity index is 1.28. The van der Waals surface area contributed by atoms with Gasteiger partial charge in [-0.15, -0.1) is 0 Å². The van der Waals surface area contributed by atoms with E-state index in [1.807, 2.05) is 36.0 Å². The predicted octanol–water partition coefficient (Wildman–Crippen LogP) is 4.96. The Labute approximate surface area is 201 Å². The van der Waals surface area contributed by atoms with Crippen LogP contribution in [-0.4, -0.2) is 47.5 Å². The van der Waals surface area contributed by atoms with Gasteiger partial charge in [0.15, 0.2) is 12.1 Å². The first-order valence-corrected chi connectivity index (χ1v) is 12.1. The summed E-state index contributed by atoms with van der Waals surface area (Å²) in [6.45, 7) is 4.87. The van der Waals surface area contributed by atoms with Crippen molar-refractivity contribution in [1.29, 1.82) is 0 Å². The van der Waals surface area contributed by atoms with E-state index in [0.29, 0.717) is 12.5 Å². The van der Waals surface area contributed by atoms with Gasteiger partial charge in [0.1, 0.15) is 5.82 Å². The highest BCUT2D eigenvalue weighted by Crippen LogP contribution is 2.28. The molecule has 0 spiro atoms. The second-order valence-electron chi connectivity index (χ2n) is 8.67. The van der Waals surface area contributed by atoms with Crippen LogP contribution in [0.25, 0.3) is 5.69 Å². The summed E-state index contributed by atoms with van der Waals surface area (Å²) in [5.74, 6) is 2.32. The molecule has 1 fully saturated rings. The highest BCUT2D eigenvalue weighted by Gasteiger charge is 2.20. The van der Waals surface area contributed by atoms with E-state index in [1.165, 1.54) is 5.56 Å². The van der Waals surface area contributed by atoms with Gasteiger partial charge in [-0.05, 0) is 61.4 Å². The SMILES string of the molecule is CCc1ccc(C=O)c(N2CCC(C/C=C/CNc3nc(NC)ccc3-n3ccnc3)CC2)c1. The van der Waals surface area contributed by atoms with E-state index >= 15 is 0 Å². The van der Waals surface area contributed by atoms with Crippen LogP contribution in [0.1, 0.15) is 42.1 Å². The molecule has 34 heavy (non-hydrogen) atoms. The van der Waals surface area contributed by atoms with Gasteiger partial charge in [-0.2, -0.15) is 0 Å². The van der Waals surface area contributed by atoms with Gasteiger partial charge >= 0.3 is 0 Å². The van der Waals surface area contributed by atoms with E-state index in [-0.39, 0.29) is 0 Å². The van der Waals surface area contributed by atoms with Crippen LogP contribution in [0.2, 0.25) is 0 Å². The lowest BCUT2D eigenvalue weighted by Gasteiger charge is -2.34. The molecule has 178 valence electrons. The zero-order chi connectivity index (χ0) is 23.8. The van der Waals surface area contributed by atoms with Gasteiger partial charge in [0, 0.05) is 50.3 Å². The lowest BCUT2D eigenvalue weighted by Crippen LogP contribution is -2.34. The van der Waals surface area contributed by atoms with Crippen molar-refractivity contribution in [3.05, 3.63) is 72.3 Å². The zero-order valence-corrected chi connectivity index (χ0v) is 20.1. The number of hydrogen-bond acceptors (Lipinski definition) is 6. The topological polar surface area (TPSA) is 75.1 Å². The lowest BCUT2D eigenvalue weighted by atomic mass is 9.92. The average molecular weight is 459 g/mol. The van der Waals surface area contributed by atoms with Crippen molar-refractivity contribution < 1.29 is 4.79 Å². The molecule has 0 saturated carbocycles. The van der Waals surface area contributed by atoms with Crippen molar-refractivity contribution in [3.63, 3.8) is 0 Å². The maximum Gasteiger partial charge on any atom is 0.153 e. The third kappa shape index (κ3) is 5.65. The van der Waals surface area contributed by atoms with Crippen LogP contribution in [0.5, 0.6) is 0 Å². The number of aldehydes is 1. The van der Waals surface area contributed by atoms with Crippen LogP contribution < -0.4 is 15.5 Å². The average Bonchev–Trinajstić information content (AvgIpc) is 3.43. The Morgan fingerprint density at radius 3 is 2.68 bits per heavy atom. The second-order valence-corrected chi connectivity index (χ2v) is 8.67. The minimum absolute atomic E-state index is 0.675. The van der Waals surface area contributed by atoms with E-state index in [1.54, 1.807) is 12.5 Å². The van der Waals surface area contributed by atoms with Gasteiger partial charge in [0.25, 0.3) is 0 Å². The molecule has 1 aliphatic rings. The molecule has 1 aliphatic heterocycles. The highest BCUT2D eigenvalue weighted by molar-refractivity contribution is 5.85. The van der Waals surface area contributed by atoms with Crippen molar-refractivity contribution in [1.82, 2.24) is 14.5 Å². The third-order valence-corrected chi connectivity index (χ3v) is 6.52. The number of benzene rings is 1. The van der Waals surface area contributed by atoms with Crippen molar-refractivity contribution in [2.24, 2.45) is 5.92 Å². The first-order valence-electron chi connectivity index (χ1n) is 12.1. The summed E-state index contributed by atoms with van der Waals surface area (Å²) in [5, 5.41) is 6.53. The summed E-state index contributed by atoms with van der Waals surface area (Å²) >= 11 is 0. The van der Waals surface area contributed by atoms with Crippen molar-refractivity contribution in [2.45, 2.75) is 32.6 Å². The fourth-order valence-corrected chi connectivity index (χ4v) is 4.45. The number of allylic oxidation sites excluding steroid dienone is 1. The molecule has 3 aromatic rings. The number of anilines is 3. The fraction of sp³-hybridized carbons (Fsp3) is 0.370. The quantitative estimate of drug-likeness (QED) is 0.330. The van der Waals surface area contributed by atoms with Gasteiger partial charge < -0.3 is 20.1 Å². The molecule has 3 heterocycles. The van der Waals surface area contributed by atoms with Gasteiger partial charge in [0.05, 0.1) is 12.0 Å². The monoisotopic (exact) mass is 458 g/mol. The molecule has 0 amide bonds. The molecule has 0 unspecified atom stereocenters. The number of aryl methyl sites for hydroxylation is 1. The molecule has 0 radical (unpaired) electrons. The molecule has 2 aromatic heterocycles. The second kappa shape index (κ2) is 11.5. The predicted molar refractivity (Wildman–Crippen MR) is 139 cm³/mol. The van der Waals surface area contributed by atoms with Gasteiger partial charge in [-0.25, -0.2) is 9.97 Å². The van der Waals surface area contributed by atoms with Gasteiger partial charge in [-0.1, -0.05) is 25.1 Å². The van der Waals surface area contributed by atoms with Crippen LogP contribution >= 0.6 is 0 Å². The number of carbonyl (C=O) groups is 1. The van der Waals surface area contributed by atoms with Crippen molar-refractivity contribution in [3.8, 4) is 5.69 Å². The number of piperidine rings is 1. The number of aromatic nitrogens is 3. The maximum atomic E-state index is 11.5. The molecule has 0 bridgehead atoms. The van der Waals surface area contributed by atoms with E-state index in [2.05, 4.69) is 56.7 Å². The Kier molecular flexibility index (Phi) is 7.96. The molecule has 4 rings (SSSR count). The first kappa shape index (κ1) is 23.5. The van der Waals surface area contributed by atoms with Crippen LogP contribution in [0, 0.1) is 5.92 Å². The lowest BCUT2D eigenvalue weighted by molar-refractivity contribution is 0.112. The van der Waals surface area contributed by atoms with Gasteiger partial charge in [0.2, 0.25) is 0 Å². The van der Waals surface area contributed by atoms with Crippen LogP contribution in [-0.2, 0) is 6.42 Å². The summed E-state index contributed by atoms with van der Waals surface area (Å²) in [4.78, 5) is 22.7. The highest BCUT2D eigenvalue weighted by atomic mass is 16.1. The van der Waals surface area contributed by atoms with Crippen LogP contribution in [0.3, 0.4) is 0 Å². The zero-order valence-electron chi connectivity index (χ0n) is 20.1. The molecule has 1 saturated heterocycles. The van der Waals surface area contributed by atoms with Crippen molar-refractivity contribution in [2.75, 3.05) is 42.2 Å². The molecule has 0 atom stereocenters. The van der Waals surface area contributed by atoms with E-state index in [4.69, 9.17) is 0 Å². The number of nitrogens with zero attached hydrogens (tertiary/aromatic N) is 4. The number of imidazole rings is 1. The normalized spacial score (nSPS) is 14.5. The van der Waals surface area contributed by atoms with Crippen LogP contribution in [0.4, 0.5) is 17.3 Å². The first-order chi connectivity index (χ1) is 16.7. The minimum Gasteiger partial charge on any atom is -0.373 e. The van der Waals surface area contributed by atoms with Crippen LogP contribution in [0.15, 0.2) is 61.2 Å². The van der Waals surface area contributed by atoms with Crippen molar-refractivity contribution >= 4 is 23.6 Å². The number of hydrogen-bond donors (Lipinski definition) is 2. The third-order valence-electron chi connectivity index (χ3n) is 6.52. The molecule has 7 heteroatoms. The number of rotatable bonds is 10. The van der Waals surface area contributed by atoms with E-state index in [0.717, 1.165) is 73.6 Å². The number of nitrogens with one attached hydrogen (secondary N) is 2. The number of carbonyl (C=O) groups excluding carboxylic acids is 1. The summed E-state index contributed by atoms with van der Waals surface area (Å²) in [6, 6.07) is 10.2. The Bertz CT molecular complexity index is 1100.